The van der Waals surface area contributed by atoms with Gasteiger partial charge in [0.05, 0.1) is 53.6 Å². The maximum absolute atomic E-state index is 12.8. The Morgan fingerprint density at radius 1 is 0.419 bits per heavy atom. The van der Waals surface area contributed by atoms with E-state index >= 15 is 0 Å². The highest BCUT2D eigenvalue weighted by Crippen LogP contribution is 2.18. The molecule has 0 aromatic carbocycles. The van der Waals surface area contributed by atoms with Crippen molar-refractivity contribution in [1.82, 2.24) is 0 Å². The Balaban J connectivity index is 4.00. The van der Waals surface area contributed by atoms with Crippen LogP contribution in [0.5, 0.6) is 0 Å². The number of esters is 6. The fraction of sp³-hybridized carbons (Fsp3) is 0.828. The minimum atomic E-state index is -0.774. The number of aliphatic hydroxyl groups excluding tert-OH is 2. The summed E-state index contributed by atoms with van der Waals surface area (Å²) >= 11 is 0. The van der Waals surface area contributed by atoms with Crippen molar-refractivity contribution < 1.29 is 76.4 Å². The second-order valence-electron chi connectivity index (χ2n) is 21.4. The minimum absolute atomic E-state index is 0.123. The van der Waals surface area contributed by atoms with Crippen LogP contribution in [0.3, 0.4) is 0 Å². The number of hydrogen-bond donors (Lipinski definition) is 2. The molecule has 0 amide bonds. The van der Waals surface area contributed by atoms with E-state index in [-0.39, 0.29) is 62.1 Å². The SMILES string of the molecule is CCCCCC(OC(=O)C[N+](C)(C)CCOC(C)=O)C(O)C/C=C\CCCCCCCC(=O)OCCCCCCOC(=O)CCCCCCC/C=C\CC(O)C(CCCCC)OC(=O)C[N+](C)(C)CCOC(C)=O. The summed E-state index contributed by atoms with van der Waals surface area (Å²) in [5, 5.41) is 21.8. The van der Waals surface area contributed by atoms with Crippen LogP contribution in [0.2, 0.25) is 0 Å². The van der Waals surface area contributed by atoms with Crippen molar-refractivity contribution in [3.63, 3.8) is 0 Å². The predicted molar refractivity (Wildman–Crippen MR) is 290 cm³/mol. The maximum atomic E-state index is 12.8. The van der Waals surface area contributed by atoms with Crippen molar-refractivity contribution in [2.75, 3.05) is 80.8 Å². The van der Waals surface area contributed by atoms with Gasteiger partial charge in [-0.15, -0.1) is 0 Å². The Morgan fingerprint density at radius 3 is 1.14 bits per heavy atom. The largest absolute Gasteiger partial charge is 0.466 e. The summed E-state index contributed by atoms with van der Waals surface area (Å²) < 4.78 is 33.0. The van der Waals surface area contributed by atoms with Crippen LogP contribution < -0.4 is 0 Å². The van der Waals surface area contributed by atoms with Gasteiger partial charge in [0.25, 0.3) is 0 Å². The Morgan fingerprint density at radius 2 is 0.770 bits per heavy atom. The van der Waals surface area contributed by atoms with Gasteiger partial charge in [0.15, 0.2) is 13.1 Å². The molecule has 0 aromatic heterocycles. The molecule has 0 saturated carbocycles. The molecule has 2 N–H and O–H groups in total. The van der Waals surface area contributed by atoms with E-state index in [1.54, 1.807) is 0 Å². The highest BCUT2D eigenvalue weighted by Gasteiger charge is 2.29. The Bertz CT molecular complexity index is 1440. The highest BCUT2D eigenvalue weighted by atomic mass is 16.6. The van der Waals surface area contributed by atoms with Crippen molar-refractivity contribution in [2.45, 2.75) is 232 Å². The maximum Gasteiger partial charge on any atom is 0.362 e. The molecule has 0 radical (unpaired) electrons. The number of rotatable bonds is 49. The quantitative estimate of drug-likeness (QED) is 0.0192. The molecular weight excluding hydrogens is 949 g/mol. The molecule has 74 heavy (non-hydrogen) atoms. The smallest absolute Gasteiger partial charge is 0.362 e. The molecule has 0 heterocycles. The number of carbonyl (C=O) groups is 6. The van der Waals surface area contributed by atoms with Crippen LogP contribution >= 0.6 is 0 Å². The normalized spacial score (nSPS) is 13.6. The van der Waals surface area contributed by atoms with Crippen molar-refractivity contribution in [1.29, 1.82) is 0 Å². The van der Waals surface area contributed by atoms with Crippen LogP contribution in [0.4, 0.5) is 0 Å². The van der Waals surface area contributed by atoms with E-state index < -0.39 is 24.4 Å². The number of likely N-dealkylation sites (N-methyl/N-ethyl adjacent to an activating group) is 2. The molecule has 0 aliphatic carbocycles. The van der Waals surface area contributed by atoms with Gasteiger partial charge in [-0.1, -0.05) is 102 Å². The summed E-state index contributed by atoms with van der Waals surface area (Å²) in [4.78, 5) is 72.1. The van der Waals surface area contributed by atoms with E-state index in [9.17, 15) is 39.0 Å². The summed E-state index contributed by atoms with van der Waals surface area (Å²) in [6, 6.07) is 0. The lowest BCUT2D eigenvalue weighted by molar-refractivity contribution is -0.883. The predicted octanol–water partition coefficient (Wildman–Crippen LogP) is 9.97. The minimum Gasteiger partial charge on any atom is -0.466 e. The molecular formula is C58H106N2O14+2. The van der Waals surface area contributed by atoms with Crippen LogP contribution in [0.1, 0.15) is 207 Å². The third-order valence-corrected chi connectivity index (χ3v) is 12.9. The third kappa shape index (κ3) is 44.4. The number of quaternary nitrogens is 2. The summed E-state index contributed by atoms with van der Waals surface area (Å²) in [5.74, 6) is -1.75. The van der Waals surface area contributed by atoms with Crippen LogP contribution in [-0.4, -0.2) is 160 Å². The number of carbonyl (C=O) groups excluding carboxylic acids is 6. The molecule has 430 valence electrons. The van der Waals surface area contributed by atoms with Gasteiger partial charge in [0.1, 0.15) is 38.5 Å². The number of allylic oxidation sites excluding steroid dienone is 2. The van der Waals surface area contributed by atoms with Crippen molar-refractivity contribution in [3.05, 3.63) is 24.3 Å². The van der Waals surface area contributed by atoms with E-state index in [0.717, 1.165) is 141 Å². The molecule has 0 bridgehead atoms. The van der Waals surface area contributed by atoms with E-state index in [1.165, 1.54) is 13.8 Å². The fourth-order valence-electron chi connectivity index (χ4n) is 8.20. The third-order valence-electron chi connectivity index (χ3n) is 12.9. The molecule has 0 fully saturated rings. The number of hydrogen-bond acceptors (Lipinski definition) is 14. The number of aliphatic hydroxyl groups is 2. The average molecular weight is 1060 g/mol. The second-order valence-corrected chi connectivity index (χ2v) is 21.4. The van der Waals surface area contributed by atoms with Crippen LogP contribution in [0.25, 0.3) is 0 Å². The molecule has 4 unspecified atom stereocenters. The van der Waals surface area contributed by atoms with Gasteiger partial charge in [0, 0.05) is 26.7 Å². The standard InChI is InChI=1S/C58H106N2O14/c1-9-11-27-37-53(73-57(67)47-59(5,6)41-45-69-49(3)61)51(63)35-29-21-17-13-15-19-23-31-39-55(65)71-43-33-25-26-34-44-72-56(66)40-32-24-20-16-14-18-22-30-36-52(64)54(38-28-12-10-2)74-58(68)48-60(7,8)42-46-70-50(4)62/h21-22,29-30,51-54,63-64H,9-20,23-28,31-48H2,1-8H3/q+2/b29-21-,30-22-. The second kappa shape index (κ2) is 45.3. The average Bonchev–Trinajstić information content (AvgIpc) is 3.32. The van der Waals surface area contributed by atoms with E-state index in [2.05, 4.69) is 26.0 Å². The molecule has 0 saturated heterocycles. The van der Waals surface area contributed by atoms with Gasteiger partial charge in [-0.3, -0.25) is 19.2 Å². The Labute approximate surface area is 447 Å². The molecule has 0 spiro atoms. The molecule has 0 aliphatic heterocycles. The van der Waals surface area contributed by atoms with Gasteiger partial charge in [-0.2, -0.15) is 0 Å². The Hall–Kier alpha value is -3.86. The molecule has 0 rings (SSSR count). The zero-order chi connectivity index (χ0) is 55.3. The van der Waals surface area contributed by atoms with E-state index in [1.807, 2.05) is 40.3 Å². The first-order valence-electron chi connectivity index (χ1n) is 28.6. The van der Waals surface area contributed by atoms with E-state index in [0.29, 0.717) is 73.8 Å². The van der Waals surface area contributed by atoms with Crippen LogP contribution in [0, 0.1) is 0 Å². The van der Waals surface area contributed by atoms with Gasteiger partial charge in [0.2, 0.25) is 0 Å². The number of nitrogens with zero attached hydrogens (tertiary/aromatic N) is 2. The van der Waals surface area contributed by atoms with Crippen molar-refractivity contribution in [3.8, 4) is 0 Å². The fourth-order valence-corrected chi connectivity index (χ4v) is 8.20. The van der Waals surface area contributed by atoms with Crippen molar-refractivity contribution in [2.24, 2.45) is 0 Å². The monoisotopic (exact) mass is 1050 g/mol. The molecule has 0 aliphatic rings. The number of ether oxygens (including phenoxy) is 6. The van der Waals surface area contributed by atoms with Gasteiger partial charge < -0.3 is 47.6 Å². The summed E-state index contributed by atoms with van der Waals surface area (Å²) in [6.07, 6.45) is 29.2. The topological polar surface area (TPSA) is 198 Å². The summed E-state index contributed by atoms with van der Waals surface area (Å²) in [5.41, 5.74) is 0. The lowest BCUT2D eigenvalue weighted by atomic mass is 10.0. The lowest BCUT2D eigenvalue weighted by Gasteiger charge is -2.30. The highest BCUT2D eigenvalue weighted by molar-refractivity contribution is 5.71. The van der Waals surface area contributed by atoms with E-state index in [4.69, 9.17) is 28.4 Å². The number of unbranched alkanes of at least 4 members (excludes halogenated alkanes) is 17. The lowest BCUT2D eigenvalue weighted by Crippen LogP contribution is -2.47. The first-order valence-corrected chi connectivity index (χ1v) is 28.6. The molecule has 16 heteroatoms. The zero-order valence-corrected chi connectivity index (χ0v) is 47.8. The molecule has 16 nitrogen and oxygen atoms in total. The van der Waals surface area contributed by atoms with Gasteiger partial charge >= 0.3 is 35.8 Å². The molecule has 0 aromatic rings. The van der Waals surface area contributed by atoms with Gasteiger partial charge in [-0.05, 0) is 103 Å². The molecule has 4 atom stereocenters. The zero-order valence-electron chi connectivity index (χ0n) is 47.8. The summed E-state index contributed by atoms with van der Waals surface area (Å²) in [6.45, 7) is 9.43. The van der Waals surface area contributed by atoms with Crippen molar-refractivity contribution >= 4 is 35.8 Å². The Kier molecular flexibility index (Phi) is 43.0. The van der Waals surface area contributed by atoms with Crippen LogP contribution in [-0.2, 0) is 57.2 Å². The summed E-state index contributed by atoms with van der Waals surface area (Å²) in [7, 11) is 7.52. The van der Waals surface area contributed by atoms with Crippen LogP contribution in [0.15, 0.2) is 24.3 Å². The van der Waals surface area contributed by atoms with Gasteiger partial charge in [-0.25, -0.2) is 9.59 Å². The first-order chi connectivity index (χ1) is 35.3. The first kappa shape index (κ1) is 70.1.